The quantitative estimate of drug-likeness (QED) is 0.798. The van der Waals surface area contributed by atoms with Crippen LogP contribution in [0.5, 0.6) is 0 Å². The van der Waals surface area contributed by atoms with Crippen molar-refractivity contribution in [2.75, 3.05) is 13.1 Å². The van der Waals surface area contributed by atoms with E-state index in [-0.39, 0.29) is 11.6 Å². The molecule has 1 unspecified atom stereocenters. The van der Waals surface area contributed by atoms with Gasteiger partial charge in [-0.15, -0.1) is 0 Å². The van der Waals surface area contributed by atoms with Crippen LogP contribution < -0.4 is 0 Å². The molecule has 3 rings (SSSR count). The predicted molar refractivity (Wildman–Crippen MR) is 70.2 cm³/mol. The van der Waals surface area contributed by atoms with Gasteiger partial charge >= 0.3 is 12.0 Å². The zero-order valence-corrected chi connectivity index (χ0v) is 11.0. The van der Waals surface area contributed by atoms with Crippen LogP contribution in [0.4, 0.5) is 4.79 Å². The van der Waals surface area contributed by atoms with Crippen LogP contribution in [0.2, 0.25) is 0 Å². The minimum atomic E-state index is -0.958. The van der Waals surface area contributed by atoms with Gasteiger partial charge in [0.25, 0.3) is 0 Å². The minimum absolute atomic E-state index is 0.0883. The third kappa shape index (κ3) is 2.22. The number of carboxylic acids is 1. The van der Waals surface area contributed by atoms with Gasteiger partial charge in [-0.25, -0.2) is 9.59 Å². The number of aliphatic hydroxyl groups excluding tert-OH is 1. The molecule has 6 heteroatoms. The molecule has 6 nitrogen and oxygen atoms in total. The number of aliphatic hydroxyl groups is 1. The van der Waals surface area contributed by atoms with E-state index in [0.717, 1.165) is 11.1 Å². The molecule has 0 spiro atoms. The number of rotatable bonds is 1. The smallest absolute Gasteiger partial charge is 0.335 e. The van der Waals surface area contributed by atoms with Crippen LogP contribution in [0.1, 0.15) is 27.9 Å². The maximum absolute atomic E-state index is 12.3. The summed E-state index contributed by atoms with van der Waals surface area (Å²) in [5.41, 5.74) is 2.12. The highest BCUT2D eigenvalue weighted by Gasteiger charge is 2.31. The maximum Gasteiger partial charge on any atom is 0.335 e. The van der Waals surface area contributed by atoms with E-state index < -0.39 is 12.1 Å². The monoisotopic (exact) mass is 276 g/mol. The van der Waals surface area contributed by atoms with Gasteiger partial charge in [0.2, 0.25) is 0 Å². The van der Waals surface area contributed by atoms with E-state index in [1.165, 1.54) is 0 Å². The van der Waals surface area contributed by atoms with Crippen LogP contribution in [-0.2, 0) is 13.1 Å². The number of aromatic carboxylic acids is 1. The SMILES string of the molecule is O=C(O)c1ccc2c(c1)CN(C(=O)N1CCC(O)C1)C2. The topological polar surface area (TPSA) is 81.1 Å². The van der Waals surface area contributed by atoms with Crippen molar-refractivity contribution in [1.82, 2.24) is 9.80 Å². The average Bonchev–Trinajstić information content (AvgIpc) is 3.02. The van der Waals surface area contributed by atoms with Gasteiger partial charge in [-0.2, -0.15) is 0 Å². The molecule has 1 fully saturated rings. The van der Waals surface area contributed by atoms with E-state index in [0.29, 0.717) is 32.6 Å². The largest absolute Gasteiger partial charge is 0.478 e. The number of β-amino-alcohol motifs (C(OH)–C–C–N with tert-alkyl or cyclic N) is 1. The summed E-state index contributed by atoms with van der Waals surface area (Å²) in [6, 6.07) is 4.87. The Morgan fingerprint density at radius 1 is 1.15 bits per heavy atom. The molecule has 0 bridgehead atoms. The van der Waals surface area contributed by atoms with Gasteiger partial charge in [0.15, 0.2) is 0 Å². The molecule has 106 valence electrons. The van der Waals surface area contributed by atoms with Gasteiger partial charge < -0.3 is 20.0 Å². The van der Waals surface area contributed by atoms with E-state index in [1.807, 2.05) is 0 Å². The minimum Gasteiger partial charge on any atom is -0.478 e. The standard InChI is InChI=1S/C14H16N2O4/c17-12-3-4-15(8-12)14(20)16-6-10-2-1-9(13(18)19)5-11(10)7-16/h1-2,5,12,17H,3-4,6-8H2,(H,18,19). The summed E-state index contributed by atoms with van der Waals surface area (Å²) in [7, 11) is 0. The molecular formula is C14H16N2O4. The zero-order chi connectivity index (χ0) is 14.3. The van der Waals surface area contributed by atoms with Gasteiger partial charge in [0, 0.05) is 26.2 Å². The van der Waals surface area contributed by atoms with Crippen molar-refractivity contribution in [2.45, 2.75) is 25.6 Å². The third-order valence-corrected chi connectivity index (χ3v) is 3.88. The van der Waals surface area contributed by atoms with Crippen molar-refractivity contribution in [3.63, 3.8) is 0 Å². The first-order valence-corrected chi connectivity index (χ1v) is 6.61. The van der Waals surface area contributed by atoms with Crippen LogP contribution in [0, 0.1) is 0 Å². The predicted octanol–water partition coefficient (Wildman–Crippen LogP) is 0.887. The molecule has 0 saturated carbocycles. The second kappa shape index (κ2) is 4.79. The molecule has 2 aliphatic heterocycles. The summed E-state index contributed by atoms with van der Waals surface area (Å²) in [5.74, 6) is -0.958. The molecule has 0 radical (unpaired) electrons. The lowest BCUT2D eigenvalue weighted by Crippen LogP contribution is -2.39. The molecule has 1 saturated heterocycles. The average molecular weight is 276 g/mol. The van der Waals surface area contributed by atoms with Crippen molar-refractivity contribution in [1.29, 1.82) is 0 Å². The van der Waals surface area contributed by atoms with Crippen molar-refractivity contribution >= 4 is 12.0 Å². The lowest BCUT2D eigenvalue weighted by Gasteiger charge is -2.23. The van der Waals surface area contributed by atoms with Crippen molar-refractivity contribution in [3.05, 3.63) is 34.9 Å². The Bertz CT molecular complexity index is 572. The number of carboxylic acid groups (broad SMARTS) is 1. The molecule has 2 N–H and O–H groups in total. The fourth-order valence-corrected chi connectivity index (χ4v) is 2.78. The van der Waals surface area contributed by atoms with Crippen LogP contribution >= 0.6 is 0 Å². The fourth-order valence-electron chi connectivity index (χ4n) is 2.78. The highest BCUT2D eigenvalue weighted by atomic mass is 16.4. The number of amides is 2. The van der Waals surface area contributed by atoms with Crippen molar-refractivity contribution in [2.24, 2.45) is 0 Å². The molecule has 2 heterocycles. The maximum atomic E-state index is 12.3. The Kier molecular flexibility index (Phi) is 3.10. The van der Waals surface area contributed by atoms with Gasteiger partial charge in [-0.3, -0.25) is 0 Å². The Morgan fingerprint density at radius 2 is 1.90 bits per heavy atom. The van der Waals surface area contributed by atoms with Crippen LogP contribution in [-0.4, -0.2) is 51.2 Å². The normalized spacial score (nSPS) is 21.1. The molecular weight excluding hydrogens is 260 g/mol. The highest BCUT2D eigenvalue weighted by Crippen LogP contribution is 2.26. The number of hydrogen-bond acceptors (Lipinski definition) is 3. The van der Waals surface area contributed by atoms with E-state index in [4.69, 9.17) is 5.11 Å². The molecule has 0 aliphatic carbocycles. The van der Waals surface area contributed by atoms with Crippen LogP contribution in [0.3, 0.4) is 0 Å². The number of hydrogen-bond donors (Lipinski definition) is 2. The summed E-state index contributed by atoms with van der Waals surface area (Å²) in [4.78, 5) is 26.6. The first-order chi connectivity index (χ1) is 9.54. The molecule has 2 amide bonds. The summed E-state index contributed by atoms with van der Waals surface area (Å²) in [5, 5.41) is 18.5. The first kappa shape index (κ1) is 12.9. The summed E-state index contributed by atoms with van der Waals surface area (Å²) >= 11 is 0. The van der Waals surface area contributed by atoms with Gasteiger partial charge in [-0.05, 0) is 29.7 Å². The molecule has 1 atom stereocenters. The molecule has 0 aromatic heterocycles. The van der Waals surface area contributed by atoms with E-state index in [9.17, 15) is 14.7 Å². The Labute approximate surface area is 116 Å². The summed E-state index contributed by atoms with van der Waals surface area (Å²) in [6.45, 7) is 1.89. The van der Waals surface area contributed by atoms with Gasteiger partial charge in [0.05, 0.1) is 11.7 Å². The Hall–Kier alpha value is -2.08. The van der Waals surface area contributed by atoms with Crippen molar-refractivity contribution < 1.29 is 19.8 Å². The number of carbonyl (C=O) groups is 2. The Balaban J connectivity index is 1.73. The van der Waals surface area contributed by atoms with E-state index >= 15 is 0 Å². The molecule has 1 aromatic carbocycles. The second-order valence-electron chi connectivity index (χ2n) is 5.32. The number of likely N-dealkylation sites (tertiary alicyclic amines) is 1. The lowest BCUT2D eigenvalue weighted by atomic mass is 10.1. The third-order valence-electron chi connectivity index (χ3n) is 3.88. The van der Waals surface area contributed by atoms with Gasteiger partial charge in [-0.1, -0.05) is 6.07 Å². The molecule has 20 heavy (non-hydrogen) atoms. The molecule has 1 aromatic rings. The lowest BCUT2D eigenvalue weighted by molar-refractivity contribution is 0.0696. The van der Waals surface area contributed by atoms with E-state index in [2.05, 4.69) is 0 Å². The number of nitrogens with zero attached hydrogens (tertiary/aromatic N) is 2. The zero-order valence-electron chi connectivity index (χ0n) is 11.0. The fraction of sp³-hybridized carbons (Fsp3) is 0.429. The Morgan fingerprint density at radius 3 is 2.55 bits per heavy atom. The van der Waals surface area contributed by atoms with Crippen molar-refractivity contribution in [3.8, 4) is 0 Å². The number of fused-ring (bicyclic) bond motifs is 1. The summed E-state index contributed by atoms with van der Waals surface area (Å²) in [6.07, 6.45) is 0.193. The number of benzene rings is 1. The molecule has 2 aliphatic rings. The summed E-state index contributed by atoms with van der Waals surface area (Å²) < 4.78 is 0. The highest BCUT2D eigenvalue weighted by molar-refractivity contribution is 5.88. The second-order valence-corrected chi connectivity index (χ2v) is 5.32. The number of urea groups is 1. The van der Waals surface area contributed by atoms with Gasteiger partial charge in [0.1, 0.15) is 0 Å². The number of carbonyl (C=O) groups excluding carboxylic acids is 1. The van der Waals surface area contributed by atoms with Crippen LogP contribution in [0.15, 0.2) is 18.2 Å². The van der Waals surface area contributed by atoms with Crippen LogP contribution in [0.25, 0.3) is 0 Å². The van der Waals surface area contributed by atoms with E-state index in [1.54, 1.807) is 28.0 Å². The first-order valence-electron chi connectivity index (χ1n) is 6.61.